The summed E-state index contributed by atoms with van der Waals surface area (Å²) in [6, 6.07) is 1.05. The summed E-state index contributed by atoms with van der Waals surface area (Å²) in [5.41, 5.74) is 0. The molecule has 0 saturated carbocycles. The van der Waals surface area contributed by atoms with Crippen LogP contribution in [-0.2, 0) is 4.79 Å². The normalized spacial score (nSPS) is 29.1. The van der Waals surface area contributed by atoms with Crippen molar-refractivity contribution in [3.8, 4) is 0 Å². The molecule has 0 aliphatic carbocycles. The molecule has 2 aliphatic heterocycles. The Kier molecular flexibility index (Phi) is 6.47. The number of likely N-dealkylation sites (tertiary alicyclic amines) is 1. The molecular weight excluding hydrogens is 258 g/mol. The van der Waals surface area contributed by atoms with E-state index in [1.165, 1.54) is 31.6 Å². The summed E-state index contributed by atoms with van der Waals surface area (Å²) in [5.74, 6) is 2.44. The minimum atomic E-state index is 0.199. The van der Waals surface area contributed by atoms with Crippen molar-refractivity contribution in [1.82, 2.24) is 15.5 Å². The van der Waals surface area contributed by atoms with Gasteiger partial charge in [0.1, 0.15) is 0 Å². The lowest BCUT2D eigenvalue weighted by molar-refractivity contribution is -0.121. The predicted molar refractivity (Wildman–Crippen MR) is 81.6 cm³/mol. The average Bonchev–Trinajstić information content (AvgIpc) is 2.42. The summed E-state index contributed by atoms with van der Waals surface area (Å²) in [6.07, 6.45) is 4.59. The monoisotopic (exact) mass is 285 g/mol. The fraction of sp³-hybridized carbons (Fsp3) is 0.929. The summed E-state index contributed by atoms with van der Waals surface area (Å²) < 4.78 is 0. The third kappa shape index (κ3) is 5.32. The maximum Gasteiger partial charge on any atom is 0.221 e. The van der Waals surface area contributed by atoms with Crippen molar-refractivity contribution in [3.05, 3.63) is 0 Å². The number of thioether (sulfide) groups is 1. The van der Waals surface area contributed by atoms with E-state index in [4.69, 9.17) is 0 Å². The van der Waals surface area contributed by atoms with Gasteiger partial charge in [-0.05, 0) is 26.3 Å². The van der Waals surface area contributed by atoms with Crippen LogP contribution in [-0.4, -0.2) is 60.6 Å². The van der Waals surface area contributed by atoms with Crippen molar-refractivity contribution in [2.75, 3.05) is 37.7 Å². The van der Waals surface area contributed by atoms with Crippen LogP contribution in [0.5, 0.6) is 0 Å². The van der Waals surface area contributed by atoms with Crippen LogP contribution in [0.2, 0.25) is 0 Å². The highest BCUT2D eigenvalue weighted by Gasteiger charge is 2.19. The van der Waals surface area contributed by atoms with E-state index in [-0.39, 0.29) is 5.91 Å². The maximum atomic E-state index is 11.9. The van der Waals surface area contributed by atoms with Crippen LogP contribution in [0, 0.1) is 0 Å². The Morgan fingerprint density at radius 2 is 2.37 bits per heavy atom. The van der Waals surface area contributed by atoms with Crippen molar-refractivity contribution in [2.24, 2.45) is 0 Å². The number of hydrogen-bond donors (Lipinski definition) is 2. The molecule has 4 nitrogen and oxygen atoms in total. The highest BCUT2D eigenvalue weighted by Crippen LogP contribution is 2.15. The van der Waals surface area contributed by atoms with Gasteiger partial charge in [0.05, 0.1) is 0 Å². The molecule has 2 rings (SSSR count). The molecule has 0 aromatic heterocycles. The Morgan fingerprint density at radius 3 is 3.11 bits per heavy atom. The average molecular weight is 285 g/mol. The minimum absolute atomic E-state index is 0.199. The van der Waals surface area contributed by atoms with Gasteiger partial charge in [0.25, 0.3) is 0 Å². The lowest BCUT2D eigenvalue weighted by atomic mass is 10.0. The molecule has 2 heterocycles. The van der Waals surface area contributed by atoms with Crippen molar-refractivity contribution in [2.45, 2.75) is 44.7 Å². The minimum Gasteiger partial charge on any atom is -0.355 e. The van der Waals surface area contributed by atoms with Gasteiger partial charge < -0.3 is 10.6 Å². The van der Waals surface area contributed by atoms with Gasteiger partial charge in [0, 0.05) is 49.6 Å². The van der Waals surface area contributed by atoms with Crippen molar-refractivity contribution >= 4 is 17.7 Å². The standard InChI is InChI=1S/C14H27N3OS/c1-12-4-2-3-7-17(12)8-5-16-14(18)10-13-11-19-9-6-15-13/h12-13,15H,2-11H2,1H3,(H,16,18). The van der Waals surface area contributed by atoms with Crippen LogP contribution in [0.4, 0.5) is 0 Å². The van der Waals surface area contributed by atoms with E-state index in [2.05, 4.69) is 22.5 Å². The van der Waals surface area contributed by atoms with Gasteiger partial charge in [-0.25, -0.2) is 0 Å². The molecule has 0 radical (unpaired) electrons. The molecule has 2 fully saturated rings. The quantitative estimate of drug-likeness (QED) is 0.793. The van der Waals surface area contributed by atoms with Gasteiger partial charge in [-0.3, -0.25) is 9.69 Å². The van der Waals surface area contributed by atoms with Crippen molar-refractivity contribution < 1.29 is 4.79 Å². The van der Waals surface area contributed by atoms with Crippen LogP contribution in [0.3, 0.4) is 0 Å². The molecule has 0 aromatic rings. The molecule has 1 amide bonds. The van der Waals surface area contributed by atoms with Crippen LogP contribution < -0.4 is 10.6 Å². The second-order valence-corrected chi connectivity index (χ2v) is 6.81. The van der Waals surface area contributed by atoms with E-state index in [1.54, 1.807) is 0 Å². The summed E-state index contributed by atoms with van der Waals surface area (Å²) in [4.78, 5) is 14.4. The molecule has 0 spiro atoms. The maximum absolute atomic E-state index is 11.9. The Labute approximate surface area is 121 Å². The van der Waals surface area contributed by atoms with Gasteiger partial charge in [0.2, 0.25) is 5.91 Å². The third-order valence-corrected chi connectivity index (χ3v) is 5.22. The second-order valence-electron chi connectivity index (χ2n) is 5.66. The molecule has 5 heteroatoms. The number of piperidine rings is 1. The zero-order valence-corrected chi connectivity index (χ0v) is 12.8. The zero-order chi connectivity index (χ0) is 13.5. The number of hydrogen-bond acceptors (Lipinski definition) is 4. The third-order valence-electron chi connectivity index (χ3n) is 4.09. The highest BCUT2D eigenvalue weighted by atomic mass is 32.2. The van der Waals surface area contributed by atoms with Crippen molar-refractivity contribution in [1.29, 1.82) is 0 Å². The molecule has 2 atom stereocenters. The predicted octanol–water partition coefficient (Wildman–Crippen LogP) is 1.07. The number of nitrogens with one attached hydrogen (secondary N) is 2. The van der Waals surface area contributed by atoms with E-state index in [0.717, 1.165) is 25.4 Å². The Hall–Kier alpha value is -0.260. The number of amides is 1. The van der Waals surface area contributed by atoms with E-state index in [9.17, 15) is 4.79 Å². The first kappa shape index (κ1) is 15.1. The molecule has 0 aromatic carbocycles. The Balaban J connectivity index is 1.58. The molecule has 2 unspecified atom stereocenters. The fourth-order valence-corrected chi connectivity index (χ4v) is 3.82. The first-order valence-electron chi connectivity index (χ1n) is 7.57. The zero-order valence-electron chi connectivity index (χ0n) is 12.0. The molecule has 110 valence electrons. The van der Waals surface area contributed by atoms with Gasteiger partial charge in [-0.2, -0.15) is 11.8 Å². The Morgan fingerprint density at radius 1 is 1.47 bits per heavy atom. The van der Waals surface area contributed by atoms with Gasteiger partial charge in [-0.15, -0.1) is 0 Å². The molecular formula is C14H27N3OS. The lowest BCUT2D eigenvalue weighted by Gasteiger charge is -2.33. The van der Waals surface area contributed by atoms with Gasteiger partial charge in [-0.1, -0.05) is 6.42 Å². The van der Waals surface area contributed by atoms with E-state index < -0.39 is 0 Å². The summed E-state index contributed by atoms with van der Waals surface area (Å²) >= 11 is 1.94. The van der Waals surface area contributed by atoms with Crippen LogP contribution in [0.15, 0.2) is 0 Å². The second kappa shape index (κ2) is 8.12. The summed E-state index contributed by atoms with van der Waals surface area (Å²) in [6.45, 7) is 6.32. The Bertz CT molecular complexity index is 282. The van der Waals surface area contributed by atoms with Crippen LogP contribution in [0.1, 0.15) is 32.6 Å². The first-order chi connectivity index (χ1) is 9.25. The smallest absolute Gasteiger partial charge is 0.221 e. The number of rotatable bonds is 5. The highest BCUT2D eigenvalue weighted by molar-refractivity contribution is 7.99. The van der Waals surface area contributed by atoms with E-state index >= 15 is 0 Å². The molecule has 2 N–H and O–H groups in total. The number of nitrogens with zero attached hydrogens (tertiary/aromatic N) is 1. The van der Waals surface area contributed by atoms with Crippen molar-refractivity contribution in [3.63, 3.8) is 0 Å². The van der Waals surface area contributed by atoms with Gasteiger partial charge >= 0.3 is 0 Å². The van der Waals surface area contributed by atoms with E-state index in [0.29, 0.717) is 18.5 Å². The SMILES string of the molecule is CC1CCCCN1CCNC(=O)CC1CSCCN1. The molecule has 2 aliphatic rings. The van der Waals surface area contributed by atoms with Crippen LogP contribution >= 0.6 is 11.8 Å². The van der Waals surface area contributed by atoms with Gasteiger partial charge in [0.15, 0.2) is 0 Å². The first-order valence-corrected chi connectivity index (χ1v) is 8.73. The fourth-order valence-electron chi connectivity index (χ4n) is 2.88. The largest absolute Gasteiger partial charge is 0.355 e. The summed E-state index contributed by atoms with van der Waals surface area (Å²) in [5, 5.41) is 6.47. The molecule has 19 heavy (non-hydrogen) atoms. The number of carbonyl (C=O) groups is 1. The summed E-state index contributed by atoms with van der Waals surface area (Å²) in [7, 11) is 0. The van der Waals surface area contributed by atoms with Crippen LogP contribution in [0.25, 0.3) is 0 Å². The molecule has 0 bridgehead atoms. The molecule has 2 saturated heterocycles. The number of carbonyl (C=O) groups excluding carboxylic acids is 1. The van der Waals surface area contributed by atoms with E-state index in [1.807, 2.05) is 11.8 Å². The topological polar surface area (TPSA) is 44.4 Å². The lowest BCUT2D eigenvalue weighted by Crippen LogP contribution is -2.44.